The molecule has 0 saturated carbocycles. The standard InChI is InChI=1S/C20H21N3O/c1-3-7-14(2)22-20(24)17-12-19(15-8-6-11-21-13-15)23-18-10-5-4-9-16(17)18/h4-6,8-14H,3,7H2,1-2H3,(H,22,24). The van der Waals surface area contributed by atoms with Gasteiger partial charge in [0.05, 0.1) is 16.8 Å². The summed E-state index contributed by atoms with van der Waals surface area (Å²) in [6.45, 7) is 4.15. The summed E-state index contributed by atoms with van der Waals surface area (Å²) in [5.74, 6) is -0.0558. The molecule has 1 atom stereocenters. The highest BCUT2D eigenvalue weighted by Crippen LogP contribution is 2.24. The van der Waals surface area contributed by atoms with Crippen LogP contribution in [0.1, 0.15) is 37.0 Å². The molecule has 4 heteroatoms. The summed E-state index contributed by atoms with van der Waals surface area (Å²) in [5.41, 5.74) is 3.13. The first-order valence-electron chi connectivity index (χ1n) is 8.30. The van der Waals surface area contributed by atoms with E-state index in [4.69, 9.17) is 0 Å². The van der Waals surface area contributed by atoms with Gasteiger partial charge < -0.3 is 5.32 Å². The van der Waals surface area contributed by atoms with Crippen molar-refractivity contribution >= 4 is 16.8 Å². The van der Waals surface area contributed by atoms with Gasteiger partial charge in [-0.25, -0.2) is 4.98 Å². The lowest BCUT2D eigenvalue weighted by Gasteiger charge is -2.15. The highest BCUT2D eigenvalue weighted by atomic mass is 16.1. The number of hydrogen-bond donors (Lipinski definition) is 1. The Morgan fingerprint density at radius 1 is 1.21 bits per heavy atom. The van der Waals surface area contributed by atoms with E-state index in [0.717, 1.165) is 35.0 Å². The zero-order valence-corrected chi connectivity index (χ0v) is 14.0. The molecular weight excluding hydrogens is 298 g/mol. The van der Waals surface area contributed by atoms with Crippen LogP contribution in [-0.2, 0) is 0 Å². The van der Waals surface area contributed by atoms with Gasteiger partial charge in [-0.2, -0.15) is 0 Å². The van der Waals surface area contributed by atoms with Crippen molar-refractivity contribution in [2.75, 3.05) is 0 Å². The van der Waals surface area contributed by atoms with Crippen molar-refractivity contribution in [2.24, 2.45) is 0 Å². The summed E-state index contributed by atoms with van der Waals surface area (Å²) in [6, 6.07) is 13.6. The highest BCUT2D eigenvalue weighted by molar-refractivity contribution is 6.07. The lowest BCUT2D eigenvalue weighted by molar-refractivity contribution is 0.0940. The normalized spacial score (nSPS) is 12.1. The van der Waals surface area contributed by atoms with Crippen LogP contribution in [0.25, 0.3) is 22.2 Å². The Morgan fingerprint density at radius 3 is 2.79 bits per heavy atom. The van der Waals surface area contributed by atoms with E-state index in [2.05, 4.69) is 22.2 Å². The fourth-order valence-corrected chi connectivity index (χ4v) is 2.83. The maximum atomic E-state index is 12.8. The van der Waals surface area contributed by atoms with Gasteiger partial charge in [-0.05, 0) is 37.6 Å². The van der Waals surface area contributed by atoms with Gasteiger partial charge in [-0.3, -0.25) is 9.78 Å². The van der Waals surface area contributed by atoms with E-state index >= 15 is 0 Å². The second kappa shape index (κ2) is 7.21. The zero-order valence-electron chi connectivity index (χ0n) is 14.0. The Labute approximate surface area is 142 Å². The number of pyridine rings is 2. The Morgan fingerprint density at radius 2 is 2.04 bits per heavy atom. The van der Waals surface area contributed by atoms with Gasteiger partial charge in [0.1, 0.15) is 0 Å². The lowest BCUT2D eigenvalue weighted by Crippen LogP contribution is -2.32. The minimum Gasteiger partial charge on any atom is -0.350 e. The van der Waals surface area contributed by atoms with E-state index in [1.54, 1.807) is 12.4 Å². The molecule has 24 heavy (non-hydrogen) atoms. The third-order valence-electron chi connectivity index (χ3n) is 4.02. The van der Waals surface area contributed by atoms with Gasteiger partial charge >= 0.3 is 0 Å². The molecule has 122 valence electrons. The monoisotopic (exact) mass is 319 g/mol. The topological polar surface area (TPSA) is 54.9 Å². The Kier molecular flexibility index (Phi) is 4.85. The number of fused-ring (bicyclic) bond motifs is 1. The molecule has 0 radical (unpaired) electrons. The van der Waals surface area contributed by atoms with Crippen LogP contribution in [0.2, 0.25) is 0 Å². The van der Waals surface area contributed by atoms with Crippen LogP contribution in [0.4, 0.5) is 0 Å². The number of carbonyl (C=O) groups is 1. The van der Waals surface area contributed by atoms with Crippen molar-refractivity contribution in [3.05, 3.63) is 60.4 Å². The number of hydrogen-bond acceptors (Lipinski definition) is 3. The van der Waals surface area contributed by atoms with E-state index in [1.807, 2.05) is 49.4 Å². The number of carbonyl (C=O) groups excluding carboxylic acids is 1. The highest BCUT2D eigenvalue weighted by Gasteiger charge is 2.15. The predicted molar refractivity (Wildman–Crippen MR) is 96.8 cm³/mol. The number of nitrogens with zero attached hydrogens (tertiary/aromatic N) is 2. The molecule has 3 rings (SSSR count). The van der Waals surface area contributed by atoms with Crippen molar-refractivity contribution in [2.45, 2.75) is 32.7 Å². The van der Waals surface area contributed by atoms with Crippen molar-refractivity contribution in [1.82, 2.24) is 15.3 Å². The quantitative estimate of drug-likeness (QED) is 0.766. The van der Waals surface area contributed by atoms with Crippen molar-refractivity contribution < 1.29 is 4.79 Å². The van der Waals surface area contributed by atoms with Gasteiger partial charge in [0, 0.05) is 29.4 Å². The molecule has 1 aromatic carbocycles. The SMILES string of the molecule is CCCC(C)NC(=O)c1cc(-c2cccnc2)nc2ccccc12. The van der Waals surface area contributed by atoms with Gasteiger partial charge in [0.2, 0.25) is 0 Å². The molecule has 2 heterocycles. The molecular formula is C20H21N3O. The zero-order chi connectivity index (χ0) is 16.9. The molecule has 0 fully saturated rings. The Hall–Kier alpha value is -2.75. The van der Waals surface area contributed by atoms with Crippen LogP contribution < -0.4 is 5.32 Å². The maximum Gasteiger partial charge on any atom is 0.252 e. The fourth-order valence-electron chi connectivity index (χ4n) is 2.83. The minimum absolute atomic E-state index is 0.0558. The van der Waals surface area contributed by atoms with Crippen LogP contribution in [0.5, 0.6) is 0 Å². The van der Waals surface area contributed by atoms with E-state index in [0.29, 0.717) is 5.56 Å². The second-order valence-electron chi connectivity index (χ2n) is 5.98. The Balaban J connectivity index is 2.06. The lowest BCUT2D eigenvalue weighted by atomic mass is 10.0. The predicted octanol–water partition coefficient (Wildman–Crippen LogP) is 4.22. The molecule has 0 aliphatic carbocycles. The van der Waals surface area contributed by atoms with Gasteiger partial charge in [0.25, 0.3) is 5.91 Å². The summed E-state index contributed by atoms with van der Waals surface area (Å²) in [4.78, 5) is 21.6. The average molecular weight is 319 g/mol. The molecule has 4 nitrogen and oxygen atoms in total. The molecule has 2 aromatic heterocycles. The van der Waals surface area contributed by atoms with Crippen molar-refractivity contribution in [1.29, 1.82) is 0 Å². The van der Waals surface area contributed by atoms with Gasteiger partial charge in [-0.15, -0.1) is 0 Å². The van der Waals surface area contributed by atoms with E-state index < -0.39 is 0 Å². The largest absolute Gasteiger partial charge is 0.350 e. The number of nitrogens with one attached hydrogen (secondary N) is 1. The van der Waals surface area contributed by atoms with Crippen LogP contribution >= 0.6 is 0 Å². The fraction of sp³-hybridized carbons (Fsp3) is 0.250. The minimum atomic E-state index is -0.0558. The summed E-state index contributed by atoms with van der Waals surface area (Å²) >= 11 is 0. The number of benzene rings is 1. The summed E-state index contributed by atoms with van der Waals surface area (Å²) in [7, 11) is 0. The molecule has 0 aliphatic heterocycles. The van der Waals surface area contributed by atoms with Crippen LogP contribution in [-0.4, -0.2) is 21.9 Å². The summed E-state index contributed by atoms with van der Waals surface area (Å²) in [6.07, 6.45) is 5.49. The maximum absolute atomic E-state index is 12.8. The first-order valence-corrected chi connectivity index (χ1v) is 8.30. The molecule has 0 aliphatic rings. The van der Waals surface area contributed by atoms with Gasteiger partial charge in [0.15, 0.2) is 0 Å². The molecule has 0 bridgehead atoms. The molecule has 0 saturated heterocycles. The van der Waals surface area contributed by atoms with E-state index in [1.165, 1.54) is 0 Å². The smallest absolute Gasteiger partial charge is 0.252 e. The first-order chi connectivity index (χ1) is 11.7. The molecule has 1 unspecified atom stereocenters. The average Bonchev–Trinajstić information content (AvgIpc) is 2.61. The number of para-hydroxylation sites is 1. The molecule has 1 N–H and O–H groups in total. The number of aromatic nitrogens is 2. The second-order valence-corrected chi connectivity index (χ2v) is 5.98. The summed E-state index contributed by atoms with van der Waals surface area (Å²) in [5, 5.41) is 3.95. The van der Waals surface area contributed by atoms with Crippen LogP contribution in [0, 0.1) is 0 Å². The van der Waals surface area contributed by atoms with Crippen molar-refractivity contribution in [3.8, 4) is 11.3 Å². The third kappa shape index (κ3) is 3.43. The molecule has 0 spiro atoms. The van der Waals surface area contributed by atoms with Crippen LogP contribution in [0.15, 0.2) is 54.9 Å². The number of rotatable bonds is 5. The third-order valence-corrected chi connectivity index (χ3v) is 4.02. The van der Waals surface area contributed by atoms with Crippen LogP contribution in [0.3, 0.4) is 0 Å². The van der Waals surface area contributed by atoms with E-state index in [9.17, 15) is 4.79 Å². The first kappa shape index (κ1) is 16.1. The molecule has 3 aromatic rings. The van der Waals surface area contributed by atoms with Crippen molar-refractivity contribution in [3.63, 3.8) is 0 Å². The van der Waals surface area contributed by atoms with Gasteiger partial charge in [-0.1, -0.05) is 31.5 Å². The number of amides is 1. The molecule has 1 amide bonds. The van der Waals surface area contributed by atoms with E-state index in [-0.39, 0.29) is 11.9 Å². The summed E-state index contributed by atoms with van der Waals surface area (Å²) < 4.78 is 0. The Bertz CT molecular complexity index is 846.